The van der Waals surface area contributed by atoms with Crippen LogP contribution in [0.25, 0.3) is 0 Å². The molecule has 1 aliphatic heterocycles. The van der Waals surface area contributed by atoms with Gasteiger partial charge in [0.05, 0.1) is 13.2 Å². The summed E-state index contributed by atoms with van der Waals surface area (Å²) in [6.45, 7) is 10.1. The molecule has 2 aromatic carbocycles. The molecule has 1 fully saturated rings. The van der Waals surface area contributed by atoms with E-state index in [0.717, 1.165) is 44.4 Å². The molecule has 0 aromatic heterocycles. The topological polar surface area (TPSA) is 48.9 Å². The SMILES string of the molecule is CN=C(NCc1ccc(CN2CCOCC2)cc1)NCC(C)(C)c1cccc(F)c1. The Bertz CT molecular complexity index is 829. The zero-order valence-electron chi connectivity index (χ0n) is 18.2. The maximum Gasteiger partial charge on any atom is 0.191 e. The lowest BCUT2D eigenvalue weighted by atomic mass is 9.84. The second-order valence-corrected chi connectivity index (χ2v) is 8.38. The second kappa shape index (κ2) is 10.5. The highest BCUT2D eigenvalue weighted by Crippen LogP contribution is 2.22. The summed E-state index contributed by atoms with van der Waals surface area (Å²) in [5, 5.41) is 6.72. The molecule has 0 amide bonds. The minimum atomic E-state index is -0.221. The van der Waals surface area contributed by atoms with Gasteiger partial charge in [0.1, 0.15) is 5.82 Å². The first-order chi connectivity index (χ1) is 14.5. The fourth-order valence-electron chi connectivity index (χ4n) is 3.50. The summed E-state index contributed by atoms with van der Waals surface area (Å²) in [6, 6.07) is 15.5. The van der Waals surface area contributed by atoms with E-state index in [9.17, 15) is 4.39 Å². The van der Waals surface area contributed by atoms with E-state index >= 15 is 0 Å². The fourth-order valence-corrected chi connectivity index (χ4v) is 3.50. The number of rotatable bonds is 7. The Morgan fingerprint density at radius 3 is 2.43 bits per heavy atom. The van der Waals surface area contributed by atoms with Crippen molar-refractivity contribution < 1.29 is 9.13 Å². The Morgan fingerprint density at radius 2 is 1.77 bits per heavy atom. The summed E-state index contributed by atoms with van der Waals surface area (Å²) in [7, 11) is 1.76. The van der Waals surface area contributed by atoms with Gasteiger partial charge in [0.2, 0.25) is 0 Å². The van der Waals surface area contributed by atoms with E-state index in [1.54, 1.807) is 19.2 Å². The predicted molar refractivity (Wildman–Crippen MR) is 120 cm³/mol. The minimum absolute atomic E-state index is 0.208. The molecule has 6 heteroatoms. The smallest absolute Gasteiger partial charge is 0.191 e. The lowest BCUT2D eigenvalue weighted by Crippen LogP contribution is -2.43. The third-order valence-corrected chi connectivity index (χ3v) is 5.52. The fraction of sp³-hybridized carbons (Fsp3) is 0.458. The molecule has 0 spiro atoms. The third kappa shape index (κ3) is 6.54. The molecule has 3 rings (SSSR count). The van der Waals surface area contributed by atoms with Crippen LogP contribution >= 0.6 is 0 Å². The van der Waals surface area contributed by atoms with Crippen molar-refractivity contribution in [2.45, 2.75) is 32.4 Å². The van der Waals surface area contributed by atoms with Crippen molar-refractivity contribution in [2.75, 3.05) is 39.9 Å². The molecule has 0 unspecified atom stereocenters. The van der Waals surface area contributed by atoms with E-state index in [0.29, 0.717) is 13.1 Å². The largest absolute Gasteiger partial charge is 0.379 e. The molecule has 0 bridgehead atoms. The minimum Gasteiger partial charge on any atom is -0.379 e. The Morgan fingerprint density at radius 1 is 1.07 bits per heavy atom. The van der Waals surface area contributed by atoms with Crippen molar-refractivity contribution in [1.29, 1.82) is 0 Å². The monoisotopic (exact) mass is 412 g/mol. The van der Waals surface area contributed by atoms with Gasteiger partial charge in [0, 0.05) is 45.2 Å². The summed E-state index contributed by atoms with van der Waals surface area (Å²) in [6.07, 6.45) is 0. The second-order valence-electron chi connectivity index (χ2n) is 8.38. The van der Waals surface area contributed by atoms with Crippen LogP contribution in [0.2, 0.25) is 0 Å². The van der Waals surface area contributed by atoms with Crippen LogP contribution in [0.15, 0.2) is 53.5 Å². The molecule has 2 aromatic rings. The number of halogens is 1. The van der Waals surface area contributed by atoms with Crippen LogP contribution in [-0.4, -0.2) is 50.8 Å². The summed E-state index contributed by atoms with van der Waals surface area (Å²) in [4.78, 5) is 6.73. The zero-order chi connectivity index (χ0) is 21.4. The van der Waals surface area contributed by atoms with Crippen LogP contribution in [0.3, 0.4) is 0 Å². The van der Waals surface area contributed by atoms with Crippen molar-refractivity contribution in [3.05, 3.63) is 71.0 Å². The Balaban J connectivity index is 1.47. The molecule has 0 saturated carbocycles. The number of nitrogens with zero attached hydrogens (tertiary/aromatic N) is 2. The van der Waals surface area contributed by atoms with Crippen LogP contribution in [0, 0.1) is 5.82 Å². The van der Waals surface area contributed by atoms with E-state index in [-0.39, 0.29) is 11.2 Å². The average molecular weight is 413 g/mol. The Hall–Kier alpha value is -2.44. The highest BCUT2D eigenvalue weighted by atomic mass is 19.1. The maximum atomic E-state index is 13.6. The third-order valence-electron chi connectivity index (χ3n) is 5.52. The number of ether oxygens (including phenoxy) is 1. The van der Waals surface area contributed by atoms with Crippen molar-refractivity contribution in [3.8, 4) is 0 Å². The normalized spacial score (nSPS) is 15.8. The van der Waals surface area contributed by atoms with Gasteiger partial charge in [-0.15, -0.1) is 0 Å². The summed E-state index contributed by atoms with van der Waals surface area (Å²) < 4.78 is 19.0. The molecule has 2 N–H and O–H groups in total. The van der Waals surface area contributed by atoms with E-state index in [4.69, 9.17) is 4.74 Å². The van der Waals surface area contributed by atoms with Gasteiger partial charge in [-0.2, -0.15) is 0 Å². The first kappa shape index (κ1) is 22.2. The summed E-state index contributed by atoms with van der Waals surface area (Å²) >= 11 is 0. The molecular formula is C24H33FN4O. The molecule has 0 atom stereocenters. The molecule has 1 aliphatic rings. The number of aliphatic imine (C=N–C) groups is 1. The van der Waals surface area contributed by atoms with Gasteiger partial charge in [-0.25, -0.2) is 4.39 Å². The lowest BCUT2D eigenvalue weighted by molar-refractivity contribution is 0.0342. The quantitative estimate of drug-likeness (QED) is 0.541. The molecule has 0 aliphatic carbocycles. The van der Waals surface area contributed by atoms with Crippen molar-refractivity contribution in [2.24, 2.45) is 4.99 Å². The van der Waals surface area contributed by atoms with Gasteiger partial charge in [-0.05, 0) is 28.8 Å². The predicted octanol–water partition coefficient (Wildman–Crippen LogP) is 3.30. The van der Waals surface area contributed by atoms with Crippen LogP contribution < -0.4 is 10.6 Å². The number of hydrogen-bond acceptors (Lipinski definition) is 3. The van der Waals surface area contributed by atoms with Gasteiger partial charge >= 0.3 is 0 Å². The summed E-state index contributed by atoms with van der Waals surface area (Å²) in [5.74, 6) is 0.525. The van der Waals surface area contributed by atoms with Crippen LogP contribution in [0.1, 0.15) is 30.5 Å². The molecule has 0 radical (unpaired) electrons. The first-order valence-corrected chi connectivity index (χ1v) is 10.5. The number of morpholine rings is 1. The van der Waals surface area contributed by atoms with Crippen LogP contribution in [0.4, 0.5) is 4.39 Å². The van der Waals surface area contributed by atoms with E-state index in [1.807, 2.05) is 6.07 Å². The van der Waals surface area contributed by atoms with Gasteiger partial charge in [0.25, 0.3) is 0 Å². The Labute approximate surface area is 179 Å². The van der Waals surface area contributed by atoms with E-state index < -0.39 is 0 Å². The standard InChI is InChI=1S/C24H33FN4O/c1-24(2,21-5-4-6-22(25)15-21)18-28-23(26-3)27-16-19-7-9-20(10-8-19)17-29-11-13-30-14-12-29/h4-10,15H,11-14,16-18H2,1-3H3,(H2,26,27,28). The Kier molecular flexibility index (Phi) is 7.82. The number of nitrogens with one attached hydrogen (secondary N) is 2. The number of guanidine groups is 1. The summed E-state index contributed by atoms with van der Waals surface area (Å²) in [5.41, 5.74) is 3.26. The maximum absolute atomic E-state index is 13.6. The van der Waals surface area contributed by atoms with Crippen LogP contribution in [0.5, 0.6) is 0 Å². The van der Waals surface area contributed by atoms with Gasteiger partial charge in [0.15, 0.2) is 5.96 Å². The average Bonchev–Trinajstić information content (AvgIpc) is 2.76. The number of benzene rings is 2. The number of hydrogen-bond donors (Lipinski definition) is 2. The molecular weight excluding hydrogens is 379 g/mol. The van der Waals surface area contributed by atoms with Crippen molar-refractivity contribution in [3.63, 3.8) is 0 Å². The van der Waals surface area contributed by atoms with Crippen LogP contribution in [-0.2, 0) is 23.2 Å². The van der Waals surface area contributed by atoms with Gasteiger partial charge in [-0.1, -0.05) is 50.2 Å². The highest BCUT2D eigenvalue weighted by molar-refractivity contribution is 5.79. The van der Waals surface area contributed by atoms with Crippen molar-refractivity contribution in [1.82, 2.24) is 15.5 Å². The van der Waals surface area contributed by atoms with E-state index in [1.165, 1.54) is 17.2 Å². The first-order valence-electron chi connectivity index (χ1n) is 10.5. The molecule has 1 heterocycles. The molecule has 30 heavy (non-hydrogen) atoms. The lowest BCUT2D eigenvalue weighted by Gasteiger charge is -2.27. The van der Waals surface area contributed by atoms with Crippen molar-refractivity contribution >= 4 is 5.96 Å². The molecule has 5 nitrogen and oxygen atoms in total. The van der Waals surface area contributed by atoms with Gasteiger partial charge < -0.3 is 15.4 Å². The van der Waals surface area contributed by atoms with E-state index in [2.05, 4.69) is 58.6 Å². The molecule has 162 valence electrons. The zero-order valence-corrected chi connectivity index (χ0v) is 18.2. The highest BCUT2D eigenvalue weighted by Gasteiger charge is 2.21. The van der Waals surface area contributed by atoms with Gasteiger partial charge in [-0.3, -0.25) is 9.89 Å². The molecule has 1 saturated heterocycles.